The highest BCUT2D eigenvalue weighted by atomic mass is 16.5. The number of hydrogen-bond donors (Lipinski definition) is 1. The second kappa shape index (κ2) is 9.06. The van der Waals surface area contributed by atoms with E-state index in [-0.39, 0.29) is 6.03 Å². The summed E-state index contributed by atoms with van der Waals surface area (Å²) in [5.74, 6) is 1.85. The summed E-state index contributed by atoms with van der Waals surface area (Å²) in [6.45, 7) is 3.55. The lowest BCUT2D eigenvalue weighted by atomic mass is 9.97. The van der Waals surface area contributed by atoms with Crippen LogP contribution in [0.25, 0.3) is 5.52 Å². The maximum absolute atomic E-state index is 12.6. The molecule has 2 aliphatic rings. The van der Waals surface area contributed by atoms with Gasteiger partial charge in [-0.3, -0.25) is 0 Å². The lowest BCUT2D eigenvalue weighted by Crippen LogP contribution is -2.52. The van der Waals surface area contributed by atoms with Crippen molar-refractivity contribution in [1.82, 2.24) is 24.8 Å². The summed E-state index contributed by atoms with van der Waals surface area (Å²) in [7, 11) is 1.66. The molecule has 8 heteroatoms. The van der Waals surface area contributed by atoms with Crippen LogP contribution in [0, 0.1) is 0 Å². The molecular formula is C24H30N6O2. The number of amides is 2. The topological polar surface area (TPSA) is 75.0 Å². The average Bonchev–Trinajstić information content (AvgIpc) is 3.23. The van der Waals surface area contributed by atoms with Gasteiger partial charge >= 0.3 is 6.03 Å². The number of hydrogen-bond acceptors (Lipinski definition) is 5. The predicted octanol–water partition coefficient (Wildman–Crippen LogP) is 2.69. The number of rotatable bonds is 5. The third kappa shape index (κ3) is 4.09. The van der Waals surface area contributed by atoms with Crippen LogP contribution in [0.5, 0.6) is 5.75 Å². The van der Waals surface area contributed by atoms with Gasteiger partial charge in [0.15, 0.2) is 5.82 Å². The fraction of sp³-hybridized carbons (Fsp3) is 0.458. The second-order valence-corrected chi connectivity index (χ2v) is 8.48. The molecule has 32 heavy (non-hydrogen) atoms. The smallest absolute Gasteiger partial charge is 0.317 e. The van der Waals surface area contributed by atoms with Crippen molar-refractivity contribution in [2.24, 2.45) is 0 Å². The third-order valence-electron chi connectivity index (χ3n) is 6.51. The SMILES string of the molecule is COc1ccc(CCNC(=O)N2CCN(c3nccn4nc5c(c34)CCCC5)CC2)cc1. The zero-order valence-corrected chi connectivity index (χ0v) is 18.6. The van der Waals surface area contributed by atoms with Gasteiger partial charge in [0.2, 0.25) is 0 Å². The fourth-order valence-electron chi connectivity index (χ4n) is 4.72. The summed E-state index contributed by atoms with van der Waals surface area (Å²) in [6, 6.07) is 7.97. The van der Waals surface area contributed by atoms with E-state index in [1.807, 2.05) is 46.1 Å². The van der Waals surface area contributed by atoms with E-state index in [4.69, 9.17) is 14.8 Å². The van der Waals surface area contributed by atoms with Crippen LogP contribution < -0.4 is 15.0 Å². The molecule has 0 saturated carbocycles. The normalized spacial score (nSPS) is 16.2. The Morgan fingerprint density at radius 3 is 2.66 bits per heavy atom. The first-order valence-electron chi connectivity index (χ1n) is 11.5. The molecule has 2 aromatic heterocycles. The van der Waals surface area contributed by atoms with Gasteiger partial charge < -0.3 is 19.9 Å². The largest absolute Gasteiger partial charge is 0.497 e. The molecule has 5 rings (SSSR count). The Labute approximate surface area is 188 Å². The first-order valence-corrected chi connectivity index (χ1v) is 11.5. The highest BCUT2D eigenvalue weighted by Gasteiger charge is 2.26. The number of nitrogens with one attached hydrogen (secondary N) is 1. The lowest BCUT2D eigenvalue weighted by Gasteiger charge is -2.35. The maximum Gasteiger partial charge on any atom is 0.317 e. The number of piperazine rings is 1. The highest BCUT2D eigenvalue weighted by Crippen LogP contribution is 2.30. The van der Waals surface area contributed by atoms with E-state index in [1.54, 1.807) is 7.11 Å². The van der Waals surface area contributed by atoms with Crippen molar-refractivity contribution < 1.29 is 9.53 Å². The Kier molecular flexibility index (Phi) is 5.83. The first-order chi connectivity index (χ1) is 15.7. The number of benzene rings is 1. The van der Waals surface area contributed by atoms with Crippen molar-refractivity contribution in [2.75, 3.05) is 44.7 Å². The zero-order chi connectivity index (χ0) is 21.9. The predicted molar refractivity (Wildman–Crippen MR) is 124 cm³/mol. The quantitative estimate of drug-likeness (QED) is 0.668. The van der Waals surface area contributed by atoms with Crippen molar-refractivity contribution in [1.29, 1.82) is 0 Å². The maximum atomic E-state index is 12.6. The van der Waals surface area contributed by atoms with Crippen LogP contribution in [-0.4, -0.2) is 65.4 Å². The van der Waals surface area contributed by atoms with Gasteiger partial charge in [0, 0.05) is 50.7 Å². The number of methoxy groups -OCH3 is 1. The number of carbonyl (C=O) groups is 1. The van der Waals surface area contributed by atoms with E-state index < -0.39 is 0 Å². The summed E-state index contributed by atoms with van der Waals surface area (Å²) in [5, 5.41) is 7.85. The summed E-state index contributed by atoms with van der Waals surface area (Å²) in [5.41, 5.74) is 4.91. The van der Waals surface area contributed by atoms with Gasteiger partial charge in [-0.05, 0) is 49.8 Å². The monoisotopic (exact) mass is 434 g/mol. The van der Waals surface area contributed by atoms with E-state index in [0.29, 0.717) is 19.6 Å². The molecular weight excluding hydrogens is 404 g/mol. The minimum atomic E-state index is 0.00561. The van der Waals surface area contributed by atoms with E-state index in [9.17, 15) is 4.79 Å². The molecule has 1 aromatic carbocycles. The van der Waals surface area contributed by atoms with Gasteiger partial charge in [-0.25, -0.2) is 14.3 Å². The van der Waals surface area contributed by atoms with Gasteiger partial charge in [-0.1, -0.05) is 12.1 Å². The van der Waals surface area contributed by atoms with Gasteiger partial charge in [0.1, 0.15) is 11.3 Å². The number of aryl methyl sites for hydroxylation is 2. The third-order valence-corrected chi connectivity index (χ3v) is 6.51. The molecule has 2 amide bonds. The standard InChI is InChI=1S/C24H30N6O2/c1-32-19-8-6-18(7-9-19)10-11-26-24(31)29-16-14-28(15-17-29)23-22-20-4-2-3-5-21(20)27-30(22)13-12-25-23/h6-9,12-13H,2-5,10-11,14-17H2,1H3,(H,26,31). The van der Waals surface area contributed by atoms with Crippen molar-refractivity contribution in [3.8, 4) is 5.75 Å². The molecule has 0 radical (unpaired) electrons. The molecule has 3 aromatic rings. The van der Waals surface area contributed by atoms with Gasteiger partial charge in [0.05, 0.1) is 12.8 Å². The number of anilines is 1. The number of nitrogens with zero attached hydrogens (tertiary/aromatic N) is 5. The summed E-state index contributed by atoms with van der Waals surface area (Å²) in [6.07, 6.45) is 9.14. The van der Waals surface area contributed by atoms with Crippen LogP contribution in [-0.2, 0) is 19.3 Å². The second-order valence-electron chi connectivity index (χ2n) is 8.48. The summed E-state index contributed by atoms with van der Waals surface area (Å²) in [4.78, 5) is 21.6. The summed E-state index contributed by atoms with van der Waals surface area (Å²) < 4.78 is 7.19. The highest BCUT2D eigenvalue weighted by molar-refractivity contribution is 5.76. The Balaban J connectivity index is 1.17. The molecule has 0 unspecified atom stereocenters. The summed E-state index contributed by atoms with van der Waals surface area (Å²) >= 11 is 0. The van der Waals surface area contributed by atoms with Gasteiger partial charge in [-0.15, -0.1) is 0 Å². The van der Waals surface area contributed by atoms with Crippen molar-refractivity contribution >= 4 is 17.4 Å². The molecule has 8 nitrogen and oxygen atoms in total. The van der Waals surface area contributed by atoms with Crippen molar-refractivity contribution in [3.05, 3.63) is 53.5 Å². The first kappa shape index (κ1) is 20.6. The molecule has 1 aliphatic heterocycles. The Morgan fingerprint density at radius 1 is 1.09 bits per heavy atom. The van der Waals surface area contributed by atoms with Gasteiger partial charge in [0.25, 0.3) is 0 Å². The van der Waals surface area contributed by atoms with E-state index in [2.05, 4.69) is 10.2 Å². The van der Waals surface area contributed by atoms with Crippen molar-refractivity contribution in [2.45, 2.75) is 32.1 Å². The minimum absolute atomic E-state index is 0.00561. The van der Waals surface area contributed by atoms with Gasteiger partial charge in [-0.2, -0.15) is 5.10 Å². The average molecular weight is 435 g/mol. The van der Waals surface area contributed by atoms with Crippen LogP contribution in [0.2, 0.25) is 0 Å². The van der Waals surface area contributed by atoms with Crippen LogP contribution in [0.15, 0.2) is 36.7 Å². The van der Waals surface area contributed by atoms with Crippen molar-refractivity contribution in [3.63, 3.8) is 0 Å². The van der Waals surface area contributed by atoms with E-state index in [0.717, 1.165) is 49.4 Å². The Morgan fingerprint density at radius 2 is 1.88 bits per heavy atom. The molecule has 3 heterocycles. The molecule has 0 spiro atoms. The number of aromatic nitrogens is 3. The minimum Gasteiger partial charge on any atom is -0.497 e. The molecule has 1 fully saturated rings. The fourth-order valence-corrected chi connectivity index (χ4v) is 4.72. The number of urea groups is 1. The Hall–Kier alpha value is -3.29. The molecule has 0 bridgehead atoms. The molecule has 1 saturated heterocycles. The molecule has 168 valence electrons. The van der Waals surface area contributed by atoms with Crippen LogP contribution in [0.4, 0.5) is 10.6 Å². The van der Waals surface area contributed by atoms with Crippen LogP contribution in [0.1, 0.15) is 29.7 Å². The number of ether oxygens (including phenoxy) is 1. The van der Waals surface area contributed by atoms with E-state index >= 15 is 0 Å². The number of fused-ring (bicyclic) bond motifs is 3. The zero-order valence-electron chi connectivity index (χ0n) is 18.6. The number of carbonyl (C=O) groups excluding carboxylic acids is 1. The van der Waals surface area contributed by atoms with Crippen LogP contribution >= 0.6 is 0 Å². The molecule has 1 N–H and O–H groups in total. The molecule has 0 atom stereocenters. The lowest BCUT2D eigenvalue weighted by molar-refractivity contribution is 0.194. The van der Waals surface area contributed by atoms with Crippen LogP contribution in [0.3, 0.4) is 0 Å². The van der Waals surface area contributed by atoms with E-state index in [1.165, 1.54) is 29.7 Å². The Bertz CT molecular complexity index is 1090. The molecule has 1 aliphatic carbocycles.